The molecule has 294 valence electrons. The van der Waals surface area contributed by atoms with E-state index >= 15 is 0 Å². The molecule has 0 fully saturated rings. The van der Waals surface area contributed by atoms with Gasteiger partial charge < -0.3 is 24.7 Å². The number of ether oxygens (including phenoxy) is 4. The molecule has 0 aliphatic heterocycles. The molecule has 12 nitrogen and oxygen atoms in total. The molecule has 0 aliphatic rings. The molecule has 8 aromatic rings. The van der Waals surface area contributed by atoms with Gasteiger partial charge in [-0.15, -0.1) is 0 Å². The predicted octanol–water partition coefficient (Wildman–Crippen LogP) is 10.7. The number of nitrogen functional groups attached to an aromatic ring is 1. The average Bonchev–Trinajstić information content (AvgIpc) is 3.26. The van der Waals surface area contributed by atoms with Crippen LogP contribution in [-0.2, 0) is 13.2 Å². The Morgan fingerprint density at radius 2 is 1.07 bits per heavy atom. The molecule has 0 radical (unpaired) electrons. The highest BCUT2D eigenvalue weighted by atomic mass is 19.1. The summed E-state index contributed by atoms with van der Waals surface area (Å²) in [7, 11) is 0. The van der Waals surface area contributed by atoms with Crippen LogP contribution in [-0.4, -0.2) is 14.9 Å². The maximum Gasteiger partial charge on any atom is 0.305 e. The predicted molar refractivity (Wildman–Crippen MR) is 218 cm³/mol. The minimum atomic E-state index is -1.00. The number of pyridine rings is 2. The molecule has 0 saturated heterocycles. The minimum Gasteiger partial charge on any atom is -0.487 e. The zero-order valence-electron chi connectivity index (χ0n) is 31.3. The lowest BCUT2D eigenvalue weighted by molar-refractivity contribution is -0.387. The molecule has 0 atom stereocenters. The number of rotatable bonds is 11. The first-order chi connectivity index (χ1) is 29.2. The Labute approximate surface area is 341 Å². The van der Waals surface area contributed by atoms with Crippen LogP contribution in [0.15, 0.2) is 146 Å². The van der Waals surface area contributed by atoms with Crippen LogP contribution in [0.3, 0.4) is 0 Å². The standard InChI is InChI=1S/C23H14FN3O4.C23H16FN3O2/c24-19-11-17(6-7-21(19)27(28)29)31-22-8-9-26-20-12-23(16(13-25)10-18(20)22)30-14-15-4-2-1-3-5-15;24-19-11-17(6-7-20(19)26)29-22-8-9-27-21-12-23(16(13-25)10-18(21)22)28-14-15-4-2-1-3-5-15/h1-12H,14H2;1-12H,14,26H2. The van der Waals surface area contributed by atoms with Crippen LogP contribution in [0.2, 0.25) is 0 Å². The van der Waals surface area contributed by atoms with Gasteiger partial charge in [0.25, 0.3) is 0 Å². The molecule has 8 rings (SSSR count). The van der Waals surface area contributed by atoms with Gasteiger partial charge in [-0.2, -0.15) is 14.9 Å². The van der Waals surface area contributed by atoms with Gasteiger partial charge in [-0.1, -0.05) is 60.7 Å². The summed E-state index contributed by atoms with van der Waals surface area (Å²) in [6.45, 7) is 0.626. The highest BCUT2D eigenvalue weighted by Gasteiger charge is 2.17. The van der Waals surface area contributed by atoms with Gasteiger partial charge >= 0.3 is 5.69 Å². The Hall–Kier alpha value is -8.62. The first-order valence-corrected chi connectivity index (χ1v) is 18.0. The van der Waals surface area contributed by atoms with Crippen molar-refractivity contribution in [2.75, 3.05) is 5.73 Å². The van der Waals surface area contributed by atoms with E-state index in [1.165, 1.54) is 24.4 Å². The van der Waals surface area contributed by atoms with Crippen molar-refractivity contribution >= 4 is 33.2 Å². The van der Waals surface area contributed by atoms with Gasteiger partial charge in [0.1, 0.15) is 65.7 Å². The number of fused-ring (bicyclic) bond motifs is 2. The van der Waals surface area contributed by atoms with Crippen molar-refractivity contribution in [1.29, 1.82) is 10.5 Å². The van der Waals surface area contributed by atoms with Crippen LogP contribution in [0, 0.1) is 44.4 Å². The molecule has 0 unspecified atom stereocenters. The molecule has 2 N–H and O–H groups in total. The summed E-state index contributed by atoms with van der Waals surface area (Å²) in [5.41, 5.74) is 8.62. The third-order valence-corrected chi connectivity index (χ3v) is 8.86. The number of halogens is 2. The summed E-state index contributed by atoms with van der Waals surface area (Å²) in [6.07, 6.45) is 3.09. The van der Waals surface area contributed by atoms with E-state index in [0.717, 1.165) is 23.3 Å². The van der Waals surface area contributed by atoms with E-state index in [1.54, 1.807) is 48.7 Å². The number of hydrogen-bond donors (Lipinski definition) is 1. The molecule has 0 aliphatic carbocycles. The Balaban J connectivity index is 0.000000182. The van der Waals surface area contributed by atoms with Crippen molar-refractivity contribution in [3.05, 3.63) is 190 Å². The third-order valence-electron chi connectivity index (χ3n) is 8.86. The van der Waals surface area contributed by atoms with Crippen molar-refractivity contribution in [2.24, 2.45) is 0 Å². The summed E-state index contributed by atoms with van der Waals surface area (Å²) >= 11 is 0. The fraction of sp³-hybridized carbons (Fsp3) is 0.0435. The number of anilines is 1. The van der Waals surface area contributed by atoms with Gasteiger partial charge in [0, 0.05) is 53.5 Å². The lowest BCUT2D eigenvalue weighted by Gasteiger charge is -2.12. The van der Waals surface area contributed by atoms with Gasteiger partial charge in [0.2, 0.25) is 5.82 Å². The molecule has 2 aromatic heterocycles. The number of nitro benzene ring substituents is 1. The lowest BCUT2D eigenvalue weighted by atomic mass is 10.1. The van der Waals surface area contributed by atoms with Crippen LogP contribution < -0.4 is 24.7 Å². The third kappa shape index (κ3) is 9.32. The van der Waals surface area contributed by atoms with Crippen LogP contribution in [0.25, 0.3) is 21.8 Å². The van der Waals surface area contributed by atoms with E-state index in [0.29, 0.717) is 69.3 Å². The number of nitrogens with zero attached hydrogens (tertiary/aromatic N) is 5. The summed E-state index contributed by atoms with van der Waals surface area (Å²) < 4.78 is 50.8. The van der Waals surface area contributed by atoms with Crippen LogP contribution in [0.5, 0.6) is 34.5 Å². The van der Waals surface area contributed by atoms with Crippen molar-refractivity contribution in [1.82, 2.24) is 9.97 Å². The second kappa shape index (κ2) is 18.1. The molecule has 60 heavy (non-hydrogen) atoms. The molecule has 0 spiro atoms. The number of benzene rings is 6. The number of nitrogens with two attached hydrogens (primary N) is 1. The molecule has 6 aromatic carbocycles. The van der Waals surface area contributed by atoms with E-state index in [4.69, 9.17) is 24.7 Å². The van der Waals surface area contributed by atoms with Crippen LogP contribution in [0.4, 0.5) is 20.2 Å². The topological polar surface area (TPSA) is 179 Å². The van der Waals surface area contributed by atoms with E-state index in [9.17, 15) is 29.4 Å². The molecule has 14 heteroatoms. The van der Waals surface area contributed by atoms with Gasteiger partial charge in [0.15, 0.2) is 0 Å². The van der Waals surface area contributed by atoms with Crippen molar-refractivity contribution in [3.63, 3.8) is 0 Å². The Morgan fingerprint density at radius 1 is 0.600 bits per heavy atom. The smallest absolute Gasteiger partial charge is 0.305 e. The summed E-state index contributed by atoms with van der Waals surface area (Å²) in [5, 5.41) is 31.1. The zero-order valence-corrected chi connectivity index (χ0v) is 31.3. The Bertz CT molecular complexity index is 2940. The number of nitriles is 2. The zero-order chi connectivity index (χ0) is 42.0. The molecule has 0 amide bonds. The summed E-state index contributed by atoms with van der Waals surface area (Å²) in [4.78, 5) is 18.6. The highest BCUT2D eigenvalue weighted by molar-refractivity contribution is 5.89. The molecular formula is C46H30F2N6O6. The fourth-order valence-corrected chi connectivity index (χ4v) is 5.88. The minimum absolute atomic E-state index is 0.0453. The number of aromatic nitrogens is 2. The average molecular weight is 801 g/mol. The van der Waals surface area contributed by atoms with Crippen molar-refractivity contribution in [2.45, 2.75) is 13.2 Å². The Morgan fingerprint density at radius 3 is 1.50 bits per heavy atom. The van der Waals surface area contributed by atoms with E-state index < -0.39 is 22.2 Å². The second-order valence-electron chi connectivity index (χ2n) is 12.9. The molecule has 0 bridgehead atoms. The molecular weight excluding hydrogens is 771 g/mol. The summed E-state index contributed by atoms with van der Waals surface area (Å²) in [6, 6.07) is 40.8. The maximum absolute atomic E-state index is 13.9. The van der Waals surface area contributed by atoms with Crippen LogP contribution >= 0.6 is 0 Å². The monoisotopic (exact) mass is 800 g/mol. The first kappa shape index (κ1) is 39.6. The Kier molecular flexibility index (Phi) is 11.9. The SMILES string of the molecule is N#Cc1cc2c(Oc3ccc(N)c(F)c3)ccnc2cc1OCc1ccccc1.N#Cc1cc2c(Oc3ccc([N+](=O)[O-])c(F)c3)ccnc2cc1OCc1ccccc1. The van der Waals surface area contributed by atoms with Crippen molar-refractivity contribution in [3.8, 4) is 46.6 Å². The van der Waals surface area contributed by atoms with E-state index in [-0.39, 0.29) is 17.0 Å². The number of nitro groups is 1. The van der Waals surface area contributed by atoms with Crippen LogP contribution in [0.1, 0.15) is 22.3 Å². The van der Waals surface area contributed by atoms with Gasteiger partial charge in [-0.05, 0) is 53.6 Å². The molecule has 2 heterocycles. The fourth-order valence-electron chi connectivity index (χ4n) is 5.88. The van der Waals surface area contributed by atoms with Gasteiger partial charge in [-0.3, -0.25) is 20.1 Å². The number of hydrogen-bond acceptors (Lipinski definition) is 11. The van der Waals surface area contributed by atoms with Gasteiger partial charge in [0.05, 0.1) is 32.8 Å². The first-order valence-electron chi connectivity index (χ1n) is 18.0. The quantitative estimate of drug-likeness (QED) is 0.0747. The largest absolute Gasteiger partial charge is 0.487 e. The summed E-state index contributed by atoms with van der Waals surface area (Å²) in [5.74, 6) is 0.405. The normalized spacial score (nSPS) is 10.5. The van der Waals surface area contributed by atoms with E-state index in [2.05, 4.69) is 22.1 Å². The maximum atomic E-state index is 13.9. The van der Waals surface area contributed by atoms with Crippen molar-refractivity contribution < 1.29 is 32.7 Å². The van der Waals surface area contributed by atoms with Gasteiger partial charge in [-0.25, -0.2) is 4.39 Å². The second-order valence-corrected chi connectivity index (χ2v) is 12.9. The lowest BCUT2D eigenvalue weighted by Crippen LogP contribution is -1.98. The highest BCUT2D eigenvalue weighted by Crippen LogP contribution is 2.36. The van der Waals surface area contributed by atoms with E-state index in [1.807, 2.05) is 60.7 Å². The molecule has 0 saturated carbocycles.